The molecule has 0 aliphatic heterocycles. The van der Waals surface area contributed by atoms with Crippen LogP contribution in [-0.2, 0) is 9.53 Å². The topological polar surface area (TPSA) is 72.5 Å². The molecule has 0 spiro atoms. The average molecular weight is 392 g/mol. The van der Waals surface area contributed by atoms with Crippen molar-refractivity contribution in [2.75, 3.05) is 11.6 Å². The Hall–Kier alpha value is -2.31. The predicted octanol–water partition coefficient (Wildman–Crippen LogP) is 4.45. The summed E-state index contributed by atoms with van der Waals surface area (Å²) in [5.74, 6) is -1.21. The summed E-state index contributed by atoms with van der Waals surface area (Å²) < 4.78 is 5.21. The van der Waals surface area contributed by atoms with Gasteiger partial charge in [0.25, 0.3) is 5.91 Å². The SMILES string of the molecule is CSc1ccc(Cl)c(C(=O)O[C@@H](C)C(=O)Nc2ccc(C(C)=O)cc2)c1. The van der Waals surface area contributed by atoms with E-state index < -0.39 is 18.0 Å². The first kappa shape index (κ1) is 20.0. The van der Waals surface area contributed by atoms with Crippen LogP contribution < -0.4 is 5.32 Å². The zero-order chi connectivity index (χ0) is 19.3. The Morgan fingerprint density at radius 2 is 1.77 bits per heavy atom. The number of nitrogens with one attached hydrogen (secondary N) is 1. The summed E-state index contributed by atoms with van der Waals surface area (Å²) in [5, 5.41) is 2.90. The standard InChI is InChI=1S/C19H18ClNO4S/c1-11(22)13-4-6-14(7-5-13)21-18(23)12(2)25-19(24)16-10-15(26-3)8-9-17(16)20/h4-10,12H,1-3H3,(H,21,23)/t12-/m0/s1. The number of thioether (sulfide) groups is 1. The molecule has 0 saturated heterocycles. The molecular formula is C19H18ClNO4S. The number of carbonyl (C=O) groups is 3. The van der Waals surface area contributed by atoms with E-state index in [-0.39, 0.29) is 16.4 Å². The van der Waals surface area contributed by atoms with Crippen LogP contribution in [0.2, 0.25) is 5.02 Å². The zero-order valence-electron chi connectivity index (χ0n) is 14.5. The van der Waals surface area contributed by atoms with Crippen molar-refractivity contribution in [2.24, 2.45) is 0 Å². The van der Waals surface area contributed by atoms with Gasteiger partial charge in [-0.2, -0.15) is 0 Å². The number of rotatable bonds is 6. The molecule has 2 aromatic carbocycles. The lowest BCUT2D eigenvalue weighted by Gasteiger charge is -2.14. The van der Waals surface area contributed by atoms with Crippen LogP contribution in [0.4, 0.5) is 5.69 Å². The van der Waals surface area contributed by atoms with Gasteiger partial charge >= 0.3 is 5.97 Å². The molecule has 1 atom stereocenters. The number of amides is 1. The summed E-state index contributed by atoms with van der Waals surface area (Å²) in [5.41, 5.74) is 1.26. The van der Waals surface area contributed by atoms with E-state index >= 15 is 0 Å². The number of hydrogen-bond acceptors (Lipinski definition) is 5. The number of carbonyl (C=O) groups excluding carboxylic acids is 3. The van der Waals surface area contributed by atoms with E-state index in [1.54, 1.807) is 42.5 Å². The van der Waals surface area contributed by atoms with Crippen LogP contribution in [-0.4, -0.2) is 30.0 Å². The number of benzene rings is 2. The second-order valence-electron chi connectivity index (χ2n) is 5.52. The lowest BCUT2D eigenvalue weighted by Crippen LogP contribution is -2.30. The molecule has 0 fully saturated rings. The Morgan fingerprint density at radius 3 is 2.35 bits per heavy atom. The van der Waals surface area contributed by atoms with E-state index in [0.29, 0.717) is 11.3 Å². The summed E-state index contributed by atoms with van der Waals surface area (Å²) in [4.78, 5) is 36.6. The molecular weight excluding hydrogens is 374 g/mol. The molecule has 2 aromatic rings. The normalized spacial score (nSPS) is 11.5. The van der Waals surface area contributed by atoms with Crippen LogP contribution in [0, 0.1) is 0 Å². The van der Waals surface area contributed by atoms with Crippen molar-refractivity contribution in [3.8, 4) is 0 Å². The van der Waals surface area contributed by atoms with Gasteiger partial charge in [-0.1, -0.05) is 11.6 Å². The van der Waals surface area contributed by atoms with E-state index in [9.17, 15) is 14.4 Å². The maximum Gasteiger partial charge on any atom is 0.340 e. The number of ether oxygens (including phenoxy) is 1. The molecule has 0 radical (unpaired) electrons. The minimum Gasteiger partial charge on any atom is -0.449 e. The molecule has 1 amide bonds. The Labute approximate surface area is 161 Å². The Bertz CT molecular complexity index is 836. The van der Waals surface area contributed by atoms with Crippen LogP contribution >= 0.6 is 23.4 Å². The quantitative estimate of drug-likeness (QED) is 0.447. The first-order valence-electron chi connectivity index (χ1n) is 7.78. The molecule has 1 N–H and O–H groups in total. The molecule has 0 unspecified atom stereocenters. The van der Waals surface area contributed by atoms with Crippen molar-refractivity contribution in [3.63, 3.8) is 0 Å². The van der Waals surface area contributed by atoms with Crippen LogP contribution in [0.25, 0.3) is 0 Å². The predicted molar refractivity (Wildman–Crippen MR) is 103 cm³/mol. The molecule has 0 bridgehead atoms. The largest absolute Gasteiger partial charge is 0.449 e. The molecule has 0 heterocycles. The molecule has 5 nitrogen and oxygen atoms in total. The van der Waals surface area contributed by atoms with E-state index in [1.165, 1.54) is 25.6 Å². The summed E-state index contributed by atoms with van der Waals surface area (Å²) in [7, 11) is 0. The fraction of sp³-hybridized carbons (Fsp3) is 0.211. The molecule has 2 rings (SSSR count). The third kappa shape index (κ3) is 5.09. The van der Waals surface area contributed by atoms with Gasteiger partial charge in [-0.05, 0) is 62.6 Å². The van der Waals surface area contributed by atoms with E-state index in [1.807, 2.05) is 6.26 Å². The molecule has 136 valence electrons. The van der Waals surface area contributed by atoms with E-state index in [0.717, 1.165) is 4.90 Å². The maximum absolute atomic E-state index is 12.3. The van der Waals surface area contributed by atoms with Crippen molar-refractivity contribution in [1.82, 2.24) is 0 Å². The van der Waals surface area contributed by atoms with Gasteiger partial charge in [-0.3, -0.25) is 9.59 Å². The van der Waals surface area contributed by atoms with Crippen molar-refractivity contribution >= 4 is 46.7 Å². The van der Waals surface area contributed by atoms with E-state index in [2.05, 4.69) is 5.32 Å². The summed E-state index contributed by atoms with van der Waals surface area (Å²) in [6.07, 6.45) is 0.871. The molecule has 0 saturated carbocycles. The lowest BCUT2D eigenvalue weighted by molar-refractivity contribution is -0.123. The second kappa shape index (κ2) is 8.87. The summed E-state index contributed by atoms with van der Waals surface area (Å²) in [6.45, 7) is 2.94. The number of hydrogen-bond donors (Lipinski definition) is 1. The number of halogens is 1. The smallest absolute Gasteiger partial charge is 0.340 e. The van der Waals surface area contributed by atoms with Gasteiger partial charge in [0.05, 0.1) is 10.6 Å². The number of ketones is 1. The first-order valence-corrected chi connectivity index (χ1v) is 9.38. The fourth-order valence-electron chi connectivity index (χ4n) is 2.10. The summed E-state index contributed by atoms with van der Waals surface area (Å²) >= 11 is 7.51. The monoisotopic (exact) mass is 391 g/mol. The zero-order valence-corrected chi connectivity index (χ0v) is 16.1. The van der Waals surface area contributed by atoms with Crippen molar-refractivity contribution < 1.29 is 19.1 Å². The fourth-order valence-corrected chi connectivity index (χ4v) is 2.73. The van der Waals surface area contributed by atoms with Crippen molar-refractivity contribution in [2.45, 2.75) is 24.8 Å². The van der Waals surface area contributed by atoms with Gasteiger partial charge in [0.1, 0.15) is 0 Å². The number of esters is 1. The third-order valence-corrected chi connectivity index (χ3v) is 4.66. The molecule has 26 heavy (non-hydrogen) atoms. The number of anilines is 1. The van der Waals surface area contributed by atoms with Gasteiger partial charge in [-0.25, -0.2) is 4.79 Å². The van der Waals surface area contributed by atoms with Gasteiger partial charge in [0.2, 0.25) is 0 Å². The second-order valence-corrected chi connectivity index (χ2v) is 6.80. The minimum absolute atomic E-state index is 0.0606. The van der Waals surface area contributed by atoms with Gasteiger partial charge in [0.15, 0.2) is 11.9 Å². The number of Topliss-reactive ketones (excluding diaryl/α,β-unsaturated/α-hetero) is 1. The minimum atomic E-state index is -1.01. The van der Waals surface area contributed by atoms with Crippen molar-refractivity contribution in [3.05, 3.63) is 58.6 Å². The van der Waals surface area contributed by atoms with Crippen LogP contribution in [0.15, 0.2) is 47.4 Å². The highest BCUT2D eigenvalue weighted by Crippen LogP contribution is 2.24. The van der Waals surface area contributed by atoms with Gasteiger partial charge < -0.3 is 10.1 Å². The first-order chi connectivity index (χ1) is 12.3. The molecule has 0 aromatic heterocycles. The highest BCUT2D eigenvalue weighted by molar-refractivity contribution is 7.98. The lowest BCUT2D eigenvalue weighted by atomic mass is 10.1. The Kier molecular flexibility index (Phi) is 6.83. The Morgan fingerprint density at radius 1 is 1.12 bits per heavy atom. The third-order valence-electron chi connectivity index (χ3n) is 3.61. The van der Waals surface area contributed by atoms with Gasteiger partial charge in [-0.15, -0.1) is 11.8 Å². The summed E-state index contributed by atoms with van der Waals surface area (Å²) in [6, 6.07) is 11.5. The molecule has 0 aliphatic rings. The maximum atomic E-state index is 12.3. The molecule has 0 aliphatic carbocycles. The average Bonchev–Trinajstić information content (AvgIpc) is 2.62. The van der Waals surface area contributed by atoms with Crippen molar-refractivity contribution in [1.29, 1.82) is 0 Å². The van der Waals surface area contributed by atoms with Crippen LogP contribution in [0.5, 0.6) is 0 Å². The highest BCUT2D eigenvalue weighted by atomic mass is 35.5. The van der Waals surface area contributed by atoms with Gasteiger partial charge in [0, 0.05) is 16.1 Å². The molecule has 7 heteroatoms. The van der Waals surface area contributed by atoms with Crippen LogP contribution in [0.1, 0.15) is 34.6 Å². The Balaban J connectivity index is 2.02. The van der Waals surface area contributed by atoms with E-state index in [4.69, 9.17) is 16.3 Å². The van der Waals surface area contributed by atoms with Crippen LogP contribution in [0.3, 0.4) is 0 Å². The highest BCUT2D eigenvalue weighted by Gasteiger charge is 2.21.